The average Bonchev–Trinajstić information content (AvgIpc) is 2.34. The van der Waals surface area contributed by atoms with Gasteiger partial charge in [-0.1, -0.05) is 0 Å². The SMILES string of the molecule is CC(CN)n1ccnc1Br. The second-order valence-corrected chi connectivity index (χ2v) is 2.90. The van der Waals surface area contributed by atoms with Crippen molar-refractivity contribution in [2.45, 2.75) is 13.0 Å². The highest BCUT2D eigenvalue weighted by Crippen LogP contribution is 2.12. The Labute approximate surface area is 68.4 Å². The van der Waals surface area contributed by atoms with E-state index in [1.54, 1.807) is 6.20 Å². The molecule has 4 heteroatoms. The van der Waals surface area contributed by atoms with Crippen LogP contribution in [0.1, 0.15) is 13.0 Å². The molecule has 0 spiro atoms. The van der Waals surface area contributed by atoms with E-state index in [9.17, 15) is 0 Å². The summed E-state index contributed by atoms with van der Waals surface area (Å²) in [4.78, 5) is 4.01. The third-order valence-electron chi connectivity index (χ3n) is 1.44. The second kappa shape index (κ2) is 3.16. The van der Waals surface area contributed by atoms with Crippen molar-refractivity contribution in [1.82, 2.24) is 9.55 Å². The molecule has 0 saturated carbocycles. The third kappa shape index (κ3) is 1.38. The number of nitrogens with two attached hydrogens (primary N) is 1. The number of rotatable bonds is 2. The summed E-state index contributed by atoms with van der Waals surface area (Å²) < 4.78 is 2.82. The van der Waals surface area contributed by atoms with E-state index in [1.165, 1.54) is 0 Å². The molecule has 0 aromatic carbocycles. The molecule has 0 fully saturated rings. The molecule has 56 valence electrons. The first-order valence-corrected chi connectivity index (χ1v) is 3.93. The lowest BCUT2D eigenvalue weighted by Gasteiger charge is -2.10. The van der Waals surface area contributed by atoms with Gasteiger partial charge in [-0.25, -0.2) is 4.98 Å². The Balaban J connectivity index is 2.82. The summed E-state index contributed by atoms with van der Waals surface area (Å²) in [7, 11) is 0. The number of hydrogen-bond donors (Lipinski definition) is 1. The Morgan fingerprint density at radius 2 is 2.60 bits per heavy atom. The fourth-order valence-electron chi connectivity index (χ4n) is 0.737. The van der Waals surface area contributed by atoms with Crippen LogP contribution in [0.15, 0.2) is 17.1 Å². The van der Waals surface area contributed by atoms with E-state index >= 15 is 0 Å². The normalized spacial score (nSPS) is 13.5. The molecule has 3 nitrogen and oxygen atoms in total. The van der Waals surface area contributed by atoms with Crippen LogP contribution in [0.4, 0.5) is 0 Å². The maximum atomic E-state index is 5.46. The predicted octanol–water partition coefficient (Wildman–Crippen LogP) is 1.17. The highest BCUT2D eigenvalue weighted by molar-refractivity contribution is 9.10. The first kappa shape index (κ1) is 7.75. The fourth-order valence-corrected chi connectivity index (χ4v) is 1.32. The predicted molar refractivity (Wildman–Crippen MR) is 43.7 cm³/mol. The molecular formula is C6H10BrN3. The van der Waals surface area contributed by atoms with E-state index in [1.807, 2.05) is 17.7 Å². The summed E-state index contributed by atoms with van der Waals surface area (Å²) in [5.41, 5.74) is 5.46. The van der Waals surface area contributed by atoms with Crippen molar-refractivity contribution in [1.29, 1.82) is 0 Å². The lowest BCUT2D eigenvalue weighted by atomic mass is 10.3. The topological polar surface area (TPSA) is 43.8 Å². The molecule has 1 aromatic heterocycles. The summed E-state index contributed by atoms with van der Waals surface area (Å²) >= 11 is 3.30. The van der Waals surface area contributed by atoms with Crippen molar-refractivity contribution < 1.29 is 0 Å². The van der Waals surface area contributed by atoms with Crippen LogP contribution in [0.5, 0.6) is 0 Å². The molecule has 0 radical (unpaired) electrons. The van der Waals surface area contributed by atoms with Gasteiger partial charge in [-0.05, 0) is 22.9 Å². The zero-order valence-corrected chi connectivity index (χ0v) is 7.37. The molecule has 1 aromatic rings. The van der Waals surface area contributed by atoms with Crippen molar-refractivity contribution in [2.24, 2.45) is 5.73 Å². The van der Waals surface area contributed by atoms with Crippen molar-refractivity contribution in [2.75, 3.05) is 6.54 Å². The van der Waals surface area contributed by atoms with E-state index in [2.05, 4.69) is 20.9 Å². The minimum atomic E-state index is 0.317. The Hall–Kier alpha value is -0.350. The van der Waals surface area contributed by atoms with Gasteiger partial charge in [0.15, 0.2) is 4.73 Å². The molecule has 0 aliphatic rings. The summed E-state index contributed by atoms with van der Waals surface area (Å²) in [5, 5.41) is 0. The molecule has 0 aliphatic heterocycles. The molecule has 0 bridgehead atoms. The van der Waals surface area contributed by atoms with Gasteiger partial charge in [0.1, 0.15) is 0 Å². The van der Waals surface area contributed by atoms with Gasteiger partial charge in [0.2, 0.25) is 0 Å². The first-order chi connectivity index (χ1) is 4.75. The van der Waals surface area contributed by atoms with Gasteiger partial charge in [0, 0.05) is 25.0 Å². The lowest BCUT2D eigenvalue weighted by Crippen LogP contribution is -2.15. The Morgan fingerprint density at radius 1 is 1.90 bits per heavy atom. The molecule has 1 atom stereocenters. The largest absolute Gasteiger partial charge is 0.328 e. The molecule has 1 heterocycles. The van der Waals surface area contributed by atoms with Gasteiger partial charge in [-0.15, -0.1) is 0 Å². The fraction of sp³-hybridized carbons (Fsp3) is 0.500. The van der Waals surface area contributed by atoms with E-state index in [0.717, 1.165) is 4.73 Å². The van der Waals surface area contributed by atoms with Gasteiger partial charge in [0.25, 0.3) is 0 Å². The van der Waals surface area contributed by atoms with Crippen molar-refractivity contribution in [3.05, 3.63) is 17.1 Å². The van der Waals surface area contributed by atoms with Crippen LogP contribution in [-0.4, -0.2) is 16.1 Å². The summed E-state index contributed by atoms with van der Waals surface area (Å²) in [6, 6.07) is 0.317. The zero-order chi connectivity index (χ0) is 7.56. The molecule has 0 saturated heterocycles. The number of nitrogens with zero attached hydrogens (tertiary/aromatic N) is 2. The summed E-state index contributed by atoms with van der Waals surface area (Å²) in [6.45, 7) is 2.68. The highest BCUT2D eigenvalue weighted by atomic mass is 79.9. The maximum Gasteiger partial charge on any atom is 0.177 e. The van der Waals surface area contributed by atoms with E-state index < -0.39 is 0 Å². The molecule has 2 N–H and O–H groups in total. The Morgan fingerprint density at radius 3 is 3.00 bits per heavy atom. The maximum absolute atomic E-state index is 5.46. The van der Waals surface area contributed by atoms with Crippen LogP contribution >= 0.6 is 15.9 Å². The minimum absolute atomic E-state index is 0.317. The minimum Gasteiger partial charge on any atom is -0.328 e. The van der Waals surface area contributed by atoms with Gasteiger partial charge in [0.05, 0.1) is 0 Å². The van der Waals surface area contributed by atoms with E-state index in [0.29, 0.717) is 12.6 Å². The second-order valence-electron chi connectivity index (χ2n) is 2.19. The van der Waals surface area contributed by atoms with Crippen LogP contribution in [0.25, 0.3) is 0 Å². The van der Waals surface area contributed by atoms with Crippen molar-refractivity contribution in [3.8, 4) is 0 Å². The number of halogens is 1. The van der Waals surface area contributed by atoms with Crippen LogP contribution in [0, 0.1) is 0 Å². The van der Waals surface area contributed by atoms with Gasteiger partial charge >= 0.3 is 0 Å². The first-order valence-electron chi connectivity index (χ1n) is 3.14. The molecule has 10 heavy (non-hydrogen) atoms. The van der Waals surface area contributed by atoms with Gasteiger partial charge < -0.3 is 10.3 Å². The Kier molecular flexibility index (Phi) is 2.45. The summed E-state index contributed by atoms with van der Waals surface area (Å²) in [5.74, 6) is 0. The molecule has 0 amide bonds. The van der Waals surface area contributed by atoms with Gasteiger partial charge in [-0.2, -0.15) is 0 Å². The molecular weight excluding hydrogens is 194 g/mol. The van der Waals surface area contributed by atoms with E-state index in [-0.39, 0.29) is 0 Å². The van der Waals surface area contributed by atoms with Crippen LogP contribution in [-0.2, 0) is 0 Å². The smallest absolute Gasteiger partial charge is 0.177 e. The van der Waals surface area contributed by atoms with Gasteiger partial charge in [-0.3, -0.25) is 0 Å². The number of hydrogen-bond acceptors (Lipinski definition) is 2. The van der Waals surface area contributed by atoms with Crippen molar-refractivity contribution >= 4 is 15.9 Å². The van der Waals surface area contributed by atoms with E-state index in [4.69, 9.17) is 5.73 Å². The molecule has 1 rings (SSSR count). The highest BCUT2D eigenvalue weighted by Gasteiger charge is 2.03. The monoisotopic (exact) mass is 203 g/mol. The number of imidazole rings is 1. The quantitative estimate of drug-likeness (QED) is 0.785. The van der Waals surface area contributed by atoms with Crippen molar-refractivity contribution in [3.63, 3.8) is 0 Å². The lowest BCUT2D eigenvalue weighted by molar-refractivity contribution is 0.547. The van der Waals surface area contributed by atoms with Crippen LogP contribution in [0.2, 0.25) is 0 Å². The number of aromatic nitrogens is 2. The molecule has 0 aliphatic carbocycles. The molecule has 1 unspecified atom stereocenters. The third-order valence-corrected chi connectivity index (χ3v) is 2.05. The summed E-state index contributed by atoms with van der Waals surface area (Å²) in [6.07, 6.45) is 3.65. The average molecular weight is 204 g/mol. The van der Waals surface area contributed by atoms with Crippen LogP contribution in [0.3, 0.4) is 0 Å². The zero-order valence-electron chi connectivity index (χ0n) is 5.79. The standard InChI is InChI=1S/C6H10BrN3/c1-5(4-8)10-3-2-9-6(10)7/h2-3,5H,4,8H2,1H3. The van der Waals surface area contributed by atoms with Crippen LogP contribution < -0.4 is 5.73 Å². The Bertz CT molecular complexity index is 209.